The van der Waals surface area contributed by atoms with Crippen LogP contribution in [0.15, 0.2) is 46.0 Å². The molecule has 1 saturated heterocycles. The molecular formula is C30H38N6O2S. The van der Waals surface area contributed by atoms with Gasteiger partial charge in [0.1, 0.15) is 16.5 Å². The van der Waals surface area contributed by atoms with Crippen LogP contribution in [0.4, 0.5) is 5.00 Å². The molecule has 1 aliphatic heterocycles. The molecule has 0 unspecified atom stereocenters. The Balaban J connectivity index is 1.10. The van der Waals surface area contributed by atoms with E-state index in [4.69, 9.17) is 25.0 Å². The summed E-state index contributed by atoms with van der Waals surface area (Å²) in [5, 5.41) is 5.01. The fraction of sp³-hybridized carbons (Fsp3) is 0.500. The van der Waals surface area contributed by atoms with Crippen LogP contribution in [0.3, 0.4) is 0 Å². The highest BCUT2D eigenvalue weighted by Crippen LogP contribution is 2.32. The van der Waals surface area contributed by atoms with E-state index in [0.29, 0.717) is 5.92 Å². The number of nitrogens with two attached hydrogens (primary N) is 1. The summed E-state index contributed by atoms with van der Waals surface area (Å²) < 4.78 is 13.1. The number of anilines is 1. The van der Waals surface area contributed by atoms with E-state index in [1.807, 2.05) is 12.3 Å². The highest BCUT2D eigenvalue weighted by atomic mass is 32.1. The first-order valence-electron chi connectivity index (χ1n) is 14.0. The van der Waals surface area contributed by atoms with Gasteiger partial charge in [-0.1, -0.05) is 61.5 Å². The maximum absolute atomic E-state index is 6.36. The molecule has 2 aliphatic rings. The number of nitrogens with zero attached hydrogens (tertiary/aromatic N) is 5. The molecule has 0 amide bonds. The lowest BCUT2D eigenvalue weighted by Crippen LogP contribution is -2.45. The van der Waals surface area contributed by atoms with E-state index in [0.717, 1.165) is 82.8 Å². The Morgan fingerprint density at radius 3 is 2.41 bits per heavy atom. The van der Waals surface area contributed by atoms with Crippen molar-refractivity contribution in [2.75, 3.05) is 38.6 Å². The molecule has 0 spiro atoms. The largest absolute Gasteiger partial charge is 0.389 e. The normalized spacial score (nSPS) is 21.3. The van der Waals surface area contributed by atoms with Gasteiger partial charge >= 0.3 is 0 Å². The van der Waals surface area contributed by atoms with Gasteiger partial charge in [0, 0.05) is 60.7 Å². The lowest BCUT2D eigenvalue weighted by molar-refractivity contribution is 0.00528. The van der Waals surface area contributed by atoms with Crippen molar-refractivity contribution in [1.82, 2.24) is 19.4 Å². The molecule has 1 aliphatic carbocycles. The van der Waals surface area contributed by atoms with Gasteiger partial charge in [-0.2, -0.15) is 0 Å². The molecule has 1 aromatic carbocycles. The van der Waals surface area contributed by atoms with E-state index in [2.05, 4.69) is 65.7 Å². The van der Waals surface area contributed by atoms with Crippen LogP contribution < -0.4 is 5.73 Å². The van der Waals surface area contributed by atoms with Crippen LogP contribution in [0.5, 0.6) is 0 Å². The van der Waals surface area contributed by atoms with Gasteiger partial charge < -0.3 is 15.0 Å². The quantitative estimate of drug-likeness (QED) is 0.302. The number of hydrogen-bond acceptors (Lipinski definition) is 8. The Kier molecular flexibility index (Phi) is 7.31. The van der Waals surface area contributed by atoms with Crippen LogP contribution in [0.2, 0.25) is 0 Å². The second kappa shape index (κ2) is 10.9. The van der Waals surface area contributed by atoms with Gasteiger partial charge in [-0.15, -0.1) is 0 Å². The van der Waals surface area contributed by atoms with Gasteiger partial charge in [-0.25, -0.2) is 4.98 Å². The fourth-order valence-corrected chi connectivity index (χ4v) is 6.49. The van der Waals surface area contributed by atoms with Crippen molar-refractivity contribution < 1.29 is 9.26 Å². The molecule has 0 atom stereocenters. The summed E-state index contributed by atoms with van der Waals surface area (Å²) in [6, 6.07) is 11.0. The van der Waals surface area contributed by atoms with Gasteiger partial charge in [0.25, 0.3) is 0 Å². The van der Waals surface area contributed by atoms with Crippen molar-refractivity contribution in [3.8, 4) is 22.5 Å². The van der Waals surface area contributed by atoms with Crippen LogP contribution in [0, 0.1) is 5.92 Å². The molecule has 4 aromatic rings. The van der Waals surface area contributed by atoms with Gasteiger partial charge in [-0.05, 0) is 31.6 Å². The van der Waals surface area contributed by atoms with Gasteiger partial charge in [-0.3, -0.25) is 14.3 Å². The SMILES string of the molecule is CC(C)(C)c1cc(-c2ccc(-c3cn4c(C=NCC5CCC(N6CCOCC6)CC5)c(N)sc4n3)cc2)no1. The molecular weight excluding hydrogens is 508 g/mol. The molecule has 8 nitrogen and oxygen atoms in total. The van der Waals surface area contributed by atoms with Crippen LogP contribution >= 0.6 is 11.3 Å². The Morgan fingerprint density at radius 2 is 1.74 bits per heavy atom. The van der Waals surface area contributed by atoms with Crippen LogP contribution in [0.25, 0.3) is 27.5 Å². The number of thiazole rings is 1. The Morgan fingerprint density at radius 1 is 1.05 bits per heavy atom. The molecule has 4 heterocycles. The molecule has 2 fully saturated rings. The third-order valence-corrected chi connectivity index (χ3v) is 8.97. The first-order chi connectivity index (χ1) is 18.8. The summed E-state index contributed by atoms with van der Waals surface area (Å²) in [5.41, 5.74) is 11.0. The van der Waals surface area contributed by atoms with E-state index in [9.17, 15) is 0 Å². The third-order valence-electron chi connectivity index (χ3n) is 8.07. The first-order valence-corrected chi connectivity index (χ1v) is 14.8. The number of morpholine rings is 1. The zero-order chi connectivity index (χ0) is 27.0. The molecule has 0 radical (unpaired) electrons. The number of rotatable bonds is 6. The zero-order valence-corrected chi connectivity index (χ0v) is 23.9. The maximum atomic E-state index is 6.36. The number of hydrogen-bond donors (Lipinski definition) is 1. The number of fused-ring (bicyclic) bond motifs is 1. The molecule has 6 rings (SSSR count). The highest BCUT2D eigenvalue weighted by Gasteiger charge is 2.27. The average Bonchev–Trinajstić information content (AvgIpc) is 3.66. The van der Waals surface area contributed by atoms with E-state index in [1.54, 1.807) is 0 Å². The first kappa shape index (κ1) is 26.2. The zero-order valence-electron chi connectivity index (χ0n) is 23.1. The smallest absolute Gasteiger partial charge is 0.196 e. The molecule has 9 heteroatoms. The van der Waals surface area contributed by atoms with Crippen molar-refractivity contribution in [2.45, 2.75) is 57.9 Å². The summed E-state index contributed by atoms with van der Waals surface area (Å²) in [6.45, 7) is 11.1. The molecule has 2 N–H and O–H groups in total. The van der Waals surface area contributed by atoms with Crippen molar-refractivity contribution >= 4 is 27.5 Å². The van der Waals surface area contributed by atoms with Gasteiger partial charge in [0.2, 0.25) is 0 Å². The fourth-order valence-electron chi connectivity index (χ4n) is 5.64. The molecule has 3 aromatic heterocycles. The maximum Gasteiger partial charge on any atom is 0.196 e. The minimum absolute atomic E-state index is 0.0707. The van der Waals surface area contributed by atoms with Crippen molar-refractivity contribution in [2.24, 2.45) is 10.9 Å². The summed E-state index contributed by atoms with van der Waals surface area (Å²) in [7, 11) is 0. The summed E-state index contributed by atoms with van der Waals surface area (Å²) >= 11 is 1.50. The number of aromatic nitrogens is 3. The monoisotopic (exact) mass is 546 g/mol. The number of nitrogen functional groups attached to an aromatic ring is 1. The van der Waals surface area contributed by atoms with Crippen molar-refractivity contribution in [1.29, 1.82) is 0 Å². The van der Waals surface area contributed by atoms with E-state index >= 15 is 0 Å². The minimum atomic E-state index is -0.0707. The molecule has 206 valence electrons. The lowest BCUT2D eigenvalue weighted by atomic mass is 9.85. The Labute approximate surface area is 233 Å². The van der Waals surface area contributed by atoms with E-state index in [1.165, 1.54) is 37.0 Å². The summed E-state index contributed by atoms with van der Waals surface area (Å²) in [4.78, 5) is 13.2. The third kappa shape index (κ3) is 5.66. The highest BCUT2D eigenvalue weighted by molar-refractivity contribution is 7.21. The lowest BCUT2D eigenvalue weighted by Gasteiger charge is -2.38. The predicted octanol–water partition coefficient (Wildman–Crippen LogP) is 5.91. The summed E-state index contributed by atoms with van der Waals surface area (Å²) in [5.74, 6) is 1.53. The topological polar surface area (TPSA) is 94.2 Å². The Hall–Kier alpha value is -3.01. The van der Waals surface area contributed by atoms with Crippen molar-refractivity contribution in [3.63, 3.8) is 0 Å². The van der Waals surface area contributed by atoms with Crippen molar-refractivity contribution in [3.05, 3.63) is 48.0 Å². The standard InChI is InChI=1S/C30H38N6O2S/c1-30(2,3)27-16-24(34-38-27)21-6-8-22(9-7-21)25-19-36-26(28(31)39-29(36)33-25)18-32-17-20-4-10-23(11-5-20)35-12-14-37-15-13-35/h6-9,16,18-20,23H,4-5,10-15,17,31H2,1-3H3. The molecule has 0 bridgehead atoms. The van der Waals surface area contributed by atoms with Crippen LogP contribution in [-0.2, 0) is 10.2 Å². The molecule has 1 saturated carbocycles. The number of imidazole rings is 1. The molecule has 39 heavy (non-hydrogen) atoms. The average molecular weight is 547 g/mol. The van der Waals surface area contributed by atoms with Gasteiger partial charge in [0.15, 0.2) is 4.96 Å². The predicted molar refractivity (Wildman–Crippen MR) is 158 cm³/mol. The second-order valence-corrected chi connectivity index (χ2v) is 12.9. The number of ether oxygens (including phenoxy) is 1. The Bertz CT molecular complexity index is 1430. The minimum Gasteiger partial charge on any atom is -0.389 e. The number of benzene rings is 1. The van der Waals surface area contributed by atoms with Gasteiger partial charge in [0.05, 0.1) is 24.6 Å². The van der Waals surface area contributed by atoms with E-state index < -0.39 is 0 Å². The van der Waals surface area contributed by atoms with E-state index in [-0.39, 0.29) is 5.41 Å². The summed E-state index contributed by atoms with van der Waals surface area (Å²) in [6.07, 6.45) is 9.01. The van der Waals surface area contributed by atoms with Crippen LogP contribution in [0.1, 0.15) is 57.9 Å². The second-order valence-electron chi connectivity index (χ2n) is 11.9. The number of aliphatic imine (C=N–C) groups is 1. The van der Waals surface area contributed by atoms with Crippen LogP contribution in [-0.4, -0.2) is 64.5 Å².